The minimum absolute atomic E-state index is 0.0147. The Morgan fingerprint density at radius 3 is 2.48 bits per heavy atom. The monoisotopic (exact) mass is 404 g/mol. The van der Waals surface area contributed by atoms with Crippen LogP contribution >= 0.6 is 0 Å². The molecular weight excluding hydrogens is 378 g/mol. The van der Waals surface area contributed by atoms with E-state index in [4.69, 9.17) is 4.74 Å². The molecule has 1 N–H and O–H groups in total. The Morgan fingerprint density at radius 1 is 1.24 bits per heavy atom. The molecule has 0 aliphatic carbocycles. The largest absolute Gasteiger partial charge is 0.497 e. The van der Waals surface area contributed by atoms with E-state index in [1.807, 2.05) is 0 Å². The summed E-state index contributed by atoms with van der Waals surface area (Å²) in [7, 11) is 1.38. The lowest BCUT2D eigenvalue weighted by Crippen LogP contribution is -2.38. The molecule has 2 heterocycles. The lowest BCUT2D eigenvalue weighted by Gasteiger charge is -2.40. The van der Waals surface area contributed by atoms with E-state index in [1.54, 1.807) is 6.92 Å². The lowest BCUT2D eigenvalue weighted by molar-refractivity contribution is -0.136. The predicted molar refractivity (Wildman–Crippen MR) is 107 cm³/mol. The molecule has 0 amide bonds. The second-order valence-electron chi connectivity index (χ2n) is 8.28. The van der Waals surface area contributed by atoms with Crippen LogP contribution in [0, 0.1) is 24.0 Å². The van der Waals surface area contributed by atoms with Gasteiger partial charge in [0.05, 0.1) is 19.2 Å². The minimum atomic E-state index is -1.02. The van der Waals surface area contributed by atoms with Crippen LogP contribution in [0.25, 0.3) is 11.1 Å². The number of piperidine rings is 1. The summed E-state index contributed by atoms with van der Waals surface area (Å²) in [4.78, 5) is 17.9. The van der Waals surface area contributed by atoms with Gasteiger partial charge in [0.1, 0.15) is 5.75 Å². The molecule has 156 valence electrons. The smallest absolute Gasteiger partial charge is 0.307 e. The molecular formula is C22H26F2N2O3. The number of carbonyl (C=O) groups is 1. The van der Waals surface area contributed by atoms with Crippen molar-refractivity contribution in [2.24, 2.45) is 5.41 Å². The first-order valence-electron chi connectivity index (χ1n) is 9.61. The normalized spacial score (nSPS) is 16.0. The Morgan fingerprint density at radius 2 is 1.90 bits per heavy atom. The number of hydrogen-bond acceptors (Lipinski definition) is 4. The number of rotatable bonds is 5. The van der Waals surface area contributed by atoms with Crippen molar-refractivity contribution < 1.29 is 23.4 Å². The van der Waals surface area contributed by atoms with Crippen molar-refractivity contribution in [3.63, 3.8) is 0 Å². The highest BCUT2D eigenvalue weighted by Gasteiger charge is 2.30. The van der Waals surface area contributed by atoms with Crippen molar-refractivity contribution in [2.45, 2.75) is 40.0 Å². The van der Waals surface area contributed by atoms with Gasteiger partial charge < -0.3 is 14.7 Å². The van der Waals surface area contributed by atoms with Gasteiger partial charge in [0.15, 0.2) is 11.6 Å². The summed E-state index contributed by atoms with van der Waals surface area (Å²) in [6.45, 7) is 7.52. The quantitative estimate of drug-likeness (QED) is 0.789. The molecule has 1 aromatic heterocycles. The highest BCUT2D eigenvalue weighted by Crippen LogP contribution is 2.41. The van der Waals surface area contributed by atoms with Crippen LogP contribution in [0.1, 0.15) is 37.9 Å². The number of hydrogen-bond donors (Lipinski definition) is 1. The number of halogens is 2. The van der Waals surface area contributed by atoms with Crippen LogP contribution in [0.4, 0.5) is 14.5 Å². The number of methoxy groups -OCH3 is 1. The van der Waals surface area contributed by atoms with Crippen LogP contribution in [-0.4, -0.2) is 36.3 Å². The third-order valence-electron chi connectivity index (χ3n) is 5.65. The lowest BCUT2D eigenvalue weighted by atomic mass is 9.82. The Bertz CT molecular complexity index is 934. The number of aryl methyl sites for hydroxylation is 1. The average Bonchev–Trinajstić information content (AvgIpc) is 2.65. The van der Waals surface area contributed by atoms with Crippen LogP contribution in [0.5, 0.6) is 5.75 Å². The summed E-state index contributed by atoms with van der Waals surface area (Å²) in [5, 5.41) is 9.44. The first-order valence-corrected chi connectivity index (χ1v) is 9.61. The molecule has 5 nitrogen and oxygen atoms in total. The second-order valence-corrected chi connectivity index (χ2v) is 8.28. The molecule has 0 spiro atoms. The van der Waals surface area contributed by atoms with Gasteiger partial charge in [-0.1, -0.05) is 13.8 Å². The number of nitrogens with zero attached hydrogens (tertiary/aromatic N) is 2. The van der Waals surface area contributed by atoms with Gasteiger partial charge in [0.25, 0.3) is 0 Å². The average molecular weight is 404 g/mol. The van der Waals surface area contributed by atoms with E-state index in [2.05, 4.69) is 23.7 Å². The molecule has 1 aliphatic heterocycles. The fourth-order valence-corrected chi connectivity index (χ4v) is 3.77. The number of pyridine rings is 1. The van der Waals surface area contributed by atoms with Crippen LogP contribution in [0.3, 0.4) is 0 Å². The number of benzene rings is 1. The summed E-state index contributed by atoms with van der Waals surface area (Å²) in [5.41, 5.74) is 2.28. The van der Waals surface area contributed by atoms with Crippen molar-refractivity contribution in [2.75, 3.05) is 25.1 Å². The van der Waals surface area contributed by atoms with Crippen molar-refractivity contribution in [1.82, 2.24) is 4.98 Å². The topological polar surface area (TPSA) is 62.7 Å². The van der Waals surface area contributed by atoms with E-state index in [0.29, 0.717) is 35.6 Å². The number of aliphatic carboxylic acids is 1. The molecule has 2 aromatic rings. The van der Waals surface area contributed by atoms with Crippen LogP contribution in [-0.2, 0) is 11.2 Å². The van der Waals surface area contributed by atoms with Crippen LogP contribution in [0.15, 0.2) is 18.3 Å². The summed E-state index contributed by atoms with van der Waals surface area (Å²) < 4.78 is 34.1. The van der Waals surface area contributed by atoms with Gasteiger partial charge in [0, 0.05) is 47.7 Å². The van der Waals surface area contributed by atoms with Gasteiger partial charge in [0.2, 0.25) is 0 Å². The number of anilines is 1. The third-order valence-corrected chi connectivity index (χ3v) is 5.65. The maximum Gasteiger partial charge on any atom is 0.307 e. The molecule has 29 heavy (non-hydrogen) atoms. The number of aromatic nitrogens is 1. The maximum atomic E-state index is 14.8. The molecule has 3 rings (SSSR count). The van der Waals surface area contributed by atoms with E-state index in [1.165, 1.54) is 19.4 Å². The van der Waals surface area contributed by atoms with Crippen molar-refractivity contribution in [3.8, 4) is 16.9 Å². The van der Waals surface area contributed by atoms with Gasteiger partial charge in [-0.25, -0.2) is 8.78 Å². The van der Waals surface area contributed by atoms with E-state index in [9.17, 15) is 18.7 Å². The number of carboxylic acid groups (broad SMARTS) is 1. The molecule has 0 bridgehead atoms. The molecule has 1 aromatic carbocycles. The van der Waals surface area contributed by atoms with Crippen LogP contribution < -0.4 is 9.64 Å². The SMILES string of the molecule is COc1cc(F)c(F)c(-c2cnc(C)c(CC(=O)O)c2N2CCC(C)(C)CC2)c1. The molecule has 1 aliphatic rings. The van der Waals surface area contributed by atoms with E-state index in [0.717, 1.165) is 18.9 Å². The fraction of sp³-hybridized carbons (Fsp3) is 0.455. The minimum Gasteiger partial charge on any atom is -0.497 e. The summed E-state index contributed by atoms with van der Waals surface area (Å²) >= 11 is 0. The van der Waals surface area contributed by atoms with E-state index < -0.39 is 17.6 Å². The highest BCUT2D eigenvalue weighted by atomic mass is 19.2. The first-order chi connectivity index (χ1) is 13.6. The number of ether oxygens (including phenoxy) is 1. The molecule has 0 unspecified atom stereocenters. The molecule has 7 heteroatoms. The summed E-state index contributed by atoms with van der Waals surface area (Å²) in [5.74, 6) is -2.84. The Balaban J connectivity index is 2.23. The Labute approximate surface area is 169 Å². The molecule has 0 atom stereocenters. The predicted octanol–water partition coefficient (Wildman–Crippen LogP) is 4.60. The molecule has 0 saturated carbocycles. The van der Waals surface area contributed by atoms with Gasteiger partial charge in [-0.15, -0.1) is 0 Å². The highest BCUT2D eigenvalue weighted by molar-refractivity contribution is 5.85. The number of carboxylic acids is 1. The summed E-state index contributed by atoms with van der Waals surface area (Å²) in [6, 6.07) is 2.41. The van der Waals surface area contributed by atoms with Gasteiger partial charge in [-0.2, -0.15) is 0 Å². The molecule has 1 fully saturated rings. The van der Waals surface area contributed by atoms with Crippen molar-refractivity contribution in [3.05, 3.63) is 41.2 Å². The Kier molecular flexibility index (Phi) is 5.78. The summed E-state index contributed by atoms with van der Waals surface area (Å²) in [6.07, 6.45) is 3.08. The fourth-order valence-electron chi connectivity index (χ4n) is 3.77. The van der Waals surface area contributed by atoms with Crippen molar-refractivity contribution in [1.29, 1.82) is 0 Å². The van der Waals surface area contributed by atoms with Gasteiger partial charge in [-0.05, 0) is 31.2 Å². The van der Waals surface area contributed by atoms with E-state index in [-0.39, 0.29) is 23.1 Å². The van der Waals surface area contributed by atoms with Crippen LogP contribution in [0.2, 0.25) is 0 Å². The molecule has 0 radical (unpaired) electrons. The van der Waals surface area contributed by atoms with Gasteiger partial charge in [-0.3, -0.25) is 9.78 Å². The third kappa shape index (κ3) is 4.33. The zero-order valence-corrected chi connectivity index (χ0v) is 17.2. The Hall–Kier alpha value is -2.70. The van der Waals surface area contributed by atoms with Crippen molar-refractivity contribution >= 4 is 11.7 Å². The standard InChI is InChI=1S/C22H26F2N2O3/c1-13-15(11-19(27)28)21(26-7-5-22(2,3)6-8-26)17(12-25-13)16-9-14(29-4)10-18(23)20(16)24/h9-10,12H,5-8,11H2,1-4H3,(H,27,28). The molecule has 1 saturated heterocycles. The zero-order chi connectivity index (χ0) is 21.3. The van der Waals surface area contributed by atoms with E-state index >= 15 is 0 Å². The zero-order valence-electron chi connectivity index (χ0n) is 17.2. The van der Waals surface area contributed by atoms with Gasteiger partial charge >= 0.3 is 5.97 Å². The second kappa shape index (κ2) is 7.97. The maximum absolute atomic E-state index is 14.8. The first kappa shape index (κ1) is 21.0.